The van der Waals surface area contributed by atoms with Gasteiger partial charge in [0.1, 0.15) is 0 Å². The van der Waals surface area contributed by atoms with E-state index in [-0.39, 0.29) is 0 Å². The maximum absolute atomic E-state index is 4.36. The number of aromatic nitrogens is 2. The van der Waals surface area contributed by atoms with Crippen molar-refractivity contribution in [2.45, 2.75) is 38.1 Å². The molecule has 2 aliphatic rings. The van der Waals surface area contributed by atoms with Crippen LogP contribution in [0.15, 0.2) is 12.5 Å². The summed E-state index contributed by atoms with van der Waals surface area (Å²) in [6, 6.07) is 0. The van der Waals surface area contributed by atoms with Crippen LogP contribution in [0.2, 0.25) is 0 Å². The number of nitrogens with one attached hydrogen (secondary N) is 1. The SMILES string of the molecule is c1ncn(CCN2CCCC2)c1C1CCCNC1. The minimum Gasteiger partial charge on any atom is -0.333 e. The fourth-order valence-corrected chi connectivity index (χ4v) is 3.22. The Kier molecular flexibility index (Phi) is 3.96. The molecule has 2 aliphatic heterocycles. The highest BCUT2D eigenvalue weighted by atomic mass is 15.2. The van der Waals surface area contributed by atoms with Gasteiger partial charge in [0.2, 0.25) is 0 Å². The summed E-state index contributed by atoms with van der Waals surface area (Å²) in [5.41, 5.74) is 1.43. The predicted molar refractivity (Wildman–Crippen MR) is 72.7 cm³/mol. The average molecular weight is 248 g/mol. The van der Waals surface area contributed by atoms with E-state index in [9.17, 15) is 0 Å². The molecule has 2 fully saturated rings. The van der Waals surface area contributed by atoms with Crippen molar-refractivity contribution < 1.29 is 0 Å². The van der Waals surface area contributed by atoms with E-state index in [0.717, 1.165) is 13.1 Å². The normalized spacial score (nSPS) is 25.7. The summed E-state index contributed by atoms with van der Waals surface area (Å²) in [5.74, 6) is 0.667. The van der Waals surface area contributed by atoms with E-state index >= 15 is 0 Å². The first-order valence-corrected chi connectivity index (χ1v) is 7.36. The van der Waals surface area contributed by atoms with Crippen LogP contribution >= 0.6 is 0 Å². The van der Waals surface area contributed by atoms with Crippen molar-refractivity contribution in [3.8, 4) is 0 Å². The number of piperidine rings is 1. The Balaban J connectivity index is 1.59. The Hall–Kier alpha value is -0.870. The molecule has 0 saturated carbocycles. The van der Waals surface area contributed by atoms with Crippen molar-refractivity contribution in [2.75, 3.05) is 32.7 Å². The van der Waals surface area contributed by atoms with Gasteiger partial charge in [-0.2, -0.15) is 0 Å². The van der Waals surface area contributed by atoms with Crippen molar-refractivity contribution in [3.05, 3.63) is 18.2 Å². The molecule has 1 atom stereocenters. The Morgan fingerprint density at radius 2 is 2.11 bits per heavy atom. The Morgan fingerprint density at radius 1 is 1.22 bits per heavy atom. The van der Waals surface area contributed by atoms with Gasteiger partial charge in [-0.3, -0.25) is 0 Å². The number of nitrogens with zero attached hydrogens (tertiary/aromatic N) is 3. The van der Waals surface area contributed by atoms with Crippen LogP contribution < -0.4 is 5.32 Å². The molecule has 0 spiro atoms. The van der Waals surface area contributed by atoms with E-state index < -0.39 is 0 Å². The first-order chi connectivity index (χ1) is 8.93. The average Bonchev–Trinajstić information content (AvgIpc) is 3.09. The fraction of sp³-hybridized carbons (Fsp3) is 0.786. The van der Waals surface area contributed by atoms with Gasteiger partial charge >= 0.3 is 0 Å². The van der Waals surface area contributed by atoms with E-state index in [1.807, 2.05) is 6.33 Å². The second-order valence-electron chi connectivity index (χ2n) is 5.60. The van der Waals surface area contributed by atoms with Crippen molar-refractivity contribution in [3.63, 3.8) is 0 Å². The molecular formula is C14H24N4. The number of hydrogen-bond acceptors (Lipinski definition) is 3. The maximum atomic E-state index is 4.36. The smallest absolute Gasteiger partial charge is 0.0948 e. The molecule has 0 radical (unpaired) electrons. The van der Waals surface area contributed by atoms with Crippen LogP contribution in [0, 0.1) is 0 Å². The second kappa shape index (κ2) is 5.85. The molecule has 1 aromatic heterocycles. The van der Waals surface area contributed by atoms with E-state index in [1.54, 1.807) is 0 Å². The molecule has 0 amide bonds. The third-order valence-electron chi connectivity index (χ3n) is 4.32. The molecule has 1 N–H and O–H groups in total. The summed E-state index contributed by atoms with van der Waals surface area (Å²) >= 11 is 0. The zero-order valence-corrected chi connectivity index (χ0v) is 11.1. The highest BCUT2D eigenvalue weighted by Gasteiger charge is 2.19. The van der Waals surface area contributed by atoms with Gasteiger partial charge in [-0.05, 0) is 45.3 Å². The molecule has 100 valence electrons. The molecule has 0 bridgehead atoms. The first kappa shape index (κ1) is 12.2. The number of rotatable bonds is 4. The summed E-state index contributed by atoms with van der Waals surface area (Å²) in [6.45, 7) is 7.16. The summed E-state index contributed by atoms with van der Waals surface area (Å²) < 4.78 is 2.37. The number of likely N-dealkylation sites (tertiary alicyclic amines) is 1. The maximum Gasteiger partial charge on any atom is 0.0948 e. The zero-order valence-electron chi connectivity index (χ0n) is 11.1. The van der Waals surface area contributed by atoms with Crippen LogP contribution in [-0.2, 0) is 6.54 Å². The third-order valence-corrected chi connectivity index (χ3v) is 4.32. The monoisotopic (exact) mass is 248 g/mol. The third kappa shape index (κ3) is 2.75. The highest BCUT2D eigenvalue weighted by Crippen LogP contribution is 2.22. The number of hydrogen-bond donors (Lipinski definition) is 1. The molecule has 0 aromatic carbocycles. The number of imidazole rings is 1. The van der Waals surface area contributed by atoms with Gasteiger partial charge in [0.15, 0.2) is 0 Å². The lowest BCUT2D eigenvalue weighted by molar-refractivity contribution is 0.317. The van der Waals surface area contributed by atoms with Crippen LogP contribution in [0.4, 0.5) is 0 Å². The van der Waals surface area contributed by atoms with Crippen LogP contribution in [0.3, 0.4) is 0 Å². The minimum absolute atomic E-state index is 0.667. The van der Waals surface area contributed by atoms with Crippen molar-refractivity contribution in [1.82, 2.24) is 19.8 Å². The van der Waals surface area contributed by atoms with Gasteiger partial charge in [0, 0.05) is 37.4 Å². The van der Waals surface area contributed by atoms with Crippen LogP contribution in [0.5, 0.6) is 0 Å². The van der Waals surface area contributed by atoms with Crippen LogP contribution in [0.25, 0.3) is 0 Å². The Morgan fingerprint density at radius 3 is 2.89 bits per heavy atom. The molecule has 3 heterocycles. The predicted octanol–water partition coefficient (Wildman–Crippen LogP) is 1.45. The topological polar surface area (TPSA) is 33.1 Å². The van der Waals surface area contributed by atoms with E-state index in [4.69, 9.17) is 0 Å². The minimum atomic E-state index is 0.667. The van der Waals surface area contributed by atoms with Gasteiger partial charge in [0.05, 0.1) is 6.33 Å². The van der Waals surface area contributed by atoms with E-state index in [0.29, 0.717) is 5.92 Å². The Bertz CT molecular complexity index is 362. The van der Waals surface area contributed by atoms with E-state index in [1.165, 1.54) is 57.6 Å². The quantitative estimate of drug-likeness (QED) is 0.875. The molecule has 4 nitrogen and oxygen atoms in total. The van der Waals surface area contributed by atoms with Crippen LogP contribution in [-0.4, -0.2) is 47.2 Å². The molecule has 3 rings (SSSR count). The lowest BCUT2D eigenvalue weighted by Crippen LogP contribution is -2.30. The van der Waals surface area contributed by atoms with Crippen LogP contribution in [0.1, 0.15) is 37.3 Å². The molecule has 18 heavy (non-hydrogen) atoms. The summed E-state index contributed by atoms with van der Waals surface area (Å²) in [5, 5.41) is 3.50. The Labute approximate surface area is 109 Å². The second-order valence-corrected chi connectivity index (χ2v) is 5.60. The lowest BCUT2D eigenvalue weighted by atomic mass is 9.96. The molecule has 1 unspecified atom stereocenters. The van der Waals surface area contributed by atoms with Gasteiger partial charge in [0.25, 0.3) is 0 Å². The standard InChI is InChI=1S/C14H24N4/c1-2-7-17(6-1)8-9-18-12-16-11-14(18)13-4-3-5-15-10-13/h11-13,15H,1-10H2. The van der Waals surface area contributed by atoms with Gasteiger partial charge in [-0.25, -0.2) is 4.98 Å². The molecular weight excluding hydrogens is 224 g/mol. The van der Waals surface area contributed by atoms with Crippen molar-refractivity contribution >= 4 is 0 Å². The molecule has 0 aliphatic carbocycles. The molecule has 4 heteroatoms. The van der Waals surface area contributed by atoms with Crippen molar-refractivity contribution in [1.29, 1.82) is 0 Å². The first-order valence-electron chi connectivity index (χ1n) is 7.36. The summed E-state index contributed by atoms with van der Waals surface area (Å²) in [6.07, 6.45) is 9.44. The summed E-state index contributed by atoms with van der Waals surface area (Å²) in [4.78, 5) is 6.93. The molecule has 1 aromatic rings. The molecule has 2 saturated heterocycles. The van der Waals surface area contributed by atoms with E-state index in [2.05, 4.69) is 26.0 Å². The zero-order chi connectivity index (χ0) is 12.2. The van der Waals surface area contributed by atoms with Gasteiger partial charge in [-0.1, -0.05) is 0 Å². The highest BCUT2D eigenvalue weighted by molar-refractivity contribution is 5.08. The van der Waals surface area contributed by atoms with Crippen molar-refractivity contribution in [2.24, 2.45) is 0 Å². The van der Waals surface area contributed by atoms with Gasteiger partial charge < -0.3 is 14.8 Å². The van der Waals surface area contributed by atoms with Gasteiger partial charge in [-0.15, -0.1) is 0 Å². The summed E-state index contributed by atoms with van der Waals surface area (Å²) in [7, 11) is 0. The fourth-order valence-electron chi connectivity index (χ4n) is 3.22. The largest absolute Gasteiger partial charge is 0.333 e. The lowest BCUT2D eigenvalue weighted by Gasteiger charge is -2.24.